The first-order valence-electron chi connectivity index (χ1n) is 5.55. The van der Waals surface area contributed by atoms with Crippen molar-refractivity contribution in [2.24, 2.45) is 0 Å². The number of carbonyl (C=O) groups excluding carboxylic acids is 1. The van der Waals surface area contributed by atoms with E-state index < -0.39 is 5.97 Å². The van der Waals surface area contributed by atoms with Crippen LogP contribution in [0.15, 0.2) is 29.5 Å². The third kappa shape index (κ3) is 2.70. The number of hydrogen-bond donors (Lipinski definition) is 1. The molecule has 0 spiro atoms. The monoisotopic (exact) mass is 227 g/mol. The van der Waals surface area contributed by atoms with Crippen molar-refractivity contribution >= 4 is 25.0 Å². The lowest BCUT2D eigenvalue weighted by molar-refractivity contribution is 0.0602. The topological polar surface area (TPSA) is 38.3 Å². The highest BCUT2D eigenvalue weighted by molar-refractivity contribution is 6.36. The van der Waals surface area contributed by atoms with Gasteiger partial charge in [-0.1, -0.05) is 17.1 Å². The quantitative estimate of drug-likeness (QED) is 0.631. The molecule has 2 rings (SSSR count). The molecule has 0 aliphatic heterocycles. The third-order valence-electron chi connectivity index (χ3n) is 2.82. The molecule has 2 radical (unpaired) electrons. The lowest BCUT2D eigenvalue weighted by Crippen LogP contribution is -2.17. The summed E-state index contributed by atoms with van der Waals surface area (Å²) in [7, 11) is 7.07. The number of ether oxygens (including phenoxy) is 1. The maximum absolute atomic E-state index is 11.5. The summed E-state index contributed by atoms with van der Waals surface area (Å²) in [5.41, 5.74) is 4.27. The molecule has 86 valence electrons. The van der Waals surface area contributed by atoms with E-state index in [9.17, 15) is 4.79 Å². The van der Waals surface area contributed by atoms with E-state index in [4.69, 9.17) is 7.85 Å². The molecular weight excluding hydrogens is 213 g/mol. The van der Waals surface area contributed by atoms with E-state index >= 15 is 0 Å². The zero-order valence-corrected chi connectivity index (χ0v) is 10.0. The number of methoxy groups -OCH3 is 1. The molecule has 1 aromatic carbocycles. The molecule has 0 bridgehead atoms. The van der Waals surface area contributed by atoms with Crippen molar-refractivity contribution < 1.29 is 9.53 Å². The van der Waals surface area contributed by atoms with Crippen LogP contribution in [0.1, 0.15) is 30.1 Å². The van der Waals surface area contributed by atoms with Gasteiger partial charge in [0.05, 0.1) is 12.7 Å². The normalized spacial score (nSPS) is 13.2. The molecule has 0 unspecified atom stereocenters. The van der Waals surface area contributed by atoms with Gasteiger partial charge in [0.15, 0.2) is 0 Å². The van der Waals surface area contributed by atoms with Gasteiger partial charge in [-0.15, -0.1) is 0 Å². The fourth-order valence-corrected chi connectivity index (χ4v) is 1.66. The first-order chi connectivity index (χ1) is 8.11. The Kier molecular flexibility index (Phi) is 3.22. The van der Waals surface area contributed by atoms with Crippen LogP contribution < -0.4 is 10.8 Å². The maximum Gasteiger partial charge on any atom is 0.337 e. The molecule has 0 heterocycles. The Bertz CT molecular complexity index is 488. The lowest BCUT2D eigenvalue weighted by Gasteiger charge is -2.10. The Morgan fingerprint density at radius 3 is 2.71 bits per heavy atom. The Hall–Kier alpha value is -1.71. The second-order valence-electron chi connectivity index (χ2n) is 4.15. The number of nitrogens with one attached hydrogen (secondary N) is 1. The fourth-order valence-electron chi connectivity index (χ4n) is 1.66. The summed E-state index contributed by atoms with van der Waals surface area (Å²) in [4.78, 5) is 11.5. The van der Waals surface area contributed by atoms with Crippen LogP contribution in [0.5, 0.6) is 0 Å². The average molecular weight is 227 g/mol. The molecule has 1 saturated carbocycles. The predicted molar refractivity (Wildman–Crippen MR) is 68.7 cm³/mol. The summed E-state index contributed by atoms with van der Waals surface area (Å²) in [5.74, 6) is -0.414. The molecule has 0 atom stereocenters. The minimum atomic E-state index is -0.414. The van der Waals surface area contributed by atoms with Gasteiger partial charge in [-0.3, -0.25) is 0 Å². The second kappa shape index (κ2) is 4.66. The van der Waals surface area contributed by atoms with Crippen LogP contribution >= 0.6 is 0 Å². The molecule has 4 heteroatoms. The van der Waals surface area contributed by atoms with Crippen LogP contribution in [0.4, 0.5) is 5.69 Å². The van der Waals surface area contributed by atoms with Crippen LogP contribution in [0.3, 0.4) is 0 Å². The van der Waals surface area contributed by atoms with Crippen molar-refractivity contribution in [2.45, 2.75) is 19.8 Å². The number of anilines is 1. The predicted octanol–water partition coefficient (Wildman–Crippen LogP) is 1.75. The molecule has 1 N–H and O–H groups in total. The maximum atomic E-state index is 11.5. The number of carbonyl (C=O) groups is 1. The van der Waals surface area contributed by atoms with Crippen molar-refractivity contribution in [2.75, 3.05) is 12.4 Å². The number of esters is 1. The highest BCUT2D eigenvalue weighted by Crippen LogP contribution is 2.31. The molecule has 3 nitrogen and oxygen atoms in total. The van der Waals surface area contributed by atoms with E-state index in [-0.39, 0.29) is 0 Å². The van der Waals surface area contributed by atoms with E-state index in [0.29, 0.717) is 11.0 Å². The van der Waals surface area contributed by atoms with E-state index in [1.54, 1.807) is 12.1 Å². The largest absolute Gasteiger partial charge is 0.465 e. The van der Waals surface area contributed by atoms with Crippen molar-refractivity contribution in [1.29, 1.82) is 0 Å². The molecule has 1 aliphatic carbocycles. The van der Waals surface area contributed by atoms with Gasteiger partial charge in [-0.25, -0.2) is 4.79 Å². The zero-order valence-electron chi connectivity index (χ0n) is 10.0. The van der Waals surface area contributed by atoms with Crippen LogP contribution in [-0.2, 0) is 4.74 Å². The van der Waals surface area contributed by atoms with Crippen LogP contribution in [0.2, 0.25) is 0 Å². The molecule has 0 aromatic heterocycles. The van der Waals surface area contributed by atoms with Crippen LogP contribution in [-0.4, -0.2) is 20.9 Å². The SMILES string of the molecule is [B]c1ccc(NC(C)=C2CC2)cc1C(=O)OC. The van der Waals surface area contributed by atoms with Gasteiger partial charge in [-0.05, 0) is 31.9 Å². The zero-order chi connectivity index (χ0) is 12.4. The molecule has 1 aliphatic rings. The van der Waals surface area contributed by atoms with Gasteiger partial charge >= 0.3 is 5.97 Å². The first-order valence-corrected chi connectivity index (χ1v) is 5.55. The second-order valence-corrected chi connectivity index (χ2v) is 4.15. The van der Waals surface area contributed by atoms with E-state index in [0.717, 1.165) is 24.2 Å². The third-order valence-corrected chi connectivity index (χ3v) is 2.82. The number of rotatable bonds is 3. The molecular formula is C13H14BNO2. The molecule has 1 aromatic rings. The van der Waals surface area contributed by atoms with Gasteiger partial charge in [0.25, 0.3) is 0 Å². The number of allylic oxidation sites excluding steroid dienone is 2. The Balaban J connectivity index is 2.24. The summed E-state index contributed by atoms with van der Waals surface area (Å²) in [6.45, 7) is 2.04. The first kappa shape index (κ1) is 11.8. The summed E-state index contributed by atoms with van der Waals surface area (Å²) in [6, 6.07) is 5.28. The fraction of sp³-hybridized carbons (Fsp3) is 0.308. The van der Waals surface area contributed by atoms with Crippen molar-refractivity contribution in [3.05, 3.63) is 35.0 Å². The van der Waals surface area contributed by atoms with Gasteiger partial charge < -0.3 is 10.1 Å². The summed E-state index contributed by atoms with van der Waals surface area (Å²) >= 11 is 0. The van der Waals surface area contributed by atoms with Crippen LogP contribution in [0.25, 0.3) is 0 Å². The molecule has 0 saturated heterocycles. The summed E-state index contributed by atoms with van der Waals surface area (Å²) in [6.07, 6.45) is 2.33. The van der Waals surface area contributed by atoms with Gasteiger partial charge in [0.2, 0.25) is 0 Å². The minimum Gasteiger partial charge on any atom is -0.465 e. The molecule has 1 fully saturated rings. The Morgan fingerprint density at radius 1 is 1.41 bits per heavy atom. The van der Waals surface area contributed by atoms with Crippen molar-refractivity contribution in [3.8, 4) is 0 Å². The smallest absolute Gasteiger partial charge is 0.337 e. The van der Waals surface area contributed by atoms with Crippen molar-refractivity contribution in [1.82, 2.24) is 0 Å². The van der Waals surface area contributed by atoms with E-state index in [2.05, 4.69) is 10.1 Å². The lowest BCUT2D eigenvalue weighted by atomic mass is 9.90. The number of hydrogen-bond acceptors (Lipinski definition) is 3. The highest BCUT2D eigenvalue weighted by atomic mass is 16.5. The van der Waals surface area contributed by atoms with Gasteiger partial charge in [0, 0.05) is 11.4 Å². The Labute approximate surface area is 102 Å². The molecule has 17 heavy (non-hydrogen) atoms. The van der Waals surface area contributed by atoms with E-state index in [1.807, 2.05) is 13.0 Å². The summed E-state index contributed by atoms with van der Waals surface area (Å²) < 4.78 is 4.68. The Morgan fingerprint density at radius 2 is 2.12 bits per heavy atom. The average Bonchev–Trinajstić information content (AvgIpc) is 3.14. The van der Waals surface area contributed by atoms with Gasteiger partial charge in [0.1, 0.15) is 7.85 Å². The highest BCUT2D eigenvalue weighted by Gasteiger charge is 2.15. The summed E-state index contributed by atoms with van der Waals surface area (Å²) in [5, 5.41) is 3.27. The van der Waals surface area contributed by atoms with Gasteiger partial charge in [-0.2, -0.15) is 0 Å². The number of benzene rings is 1. The van der Waals surface area contributed by atoms with Crippen LogP contribution in [0, 0.1) is 0 Å². The standard InChI is InChI=1S/C13H14BNO2/c1-8(9-3-4-9)15-10-5-6-12(14)11(7-10)13(16)17-2/h5-7,15H,3-4H2,1-2H3. The van der Waals surface area contributed by atoms with Crippen molar-refractivity contribution in [3.63, 3.8) is 0 Å². The minimum absolute atomic E-state index is 0.395. The van der Waals surface area contributed by atoms with E-state index in [1.165, 1.54) is 12.7 Å². The molecule has 0 amide bonds.